The van der Waals surface area contributed by atoms with Gasteiger partial charge in [-0.15, -0.1) is 11.3 Å². The van der Waals surface area contributed by atoms with Crippen LogP contribution in [0.4, 0.5) is 5.95 Å². The molecule has 0 saturated heterocycles. The van der Waals surface area contributed by atoms with Crippen LogP contribution in [0.5, 0.6) is 5.88 Å². The SMILES string of the molecule is COc1ccc2nc(N)n(CCc3cccs3)c2n1. The first kappa shape index (κ1) is 12.0. The summed E-state index contributed by atoms with van der Waals surface area (Å²) in [6.45, 7) is 0.767. The van der Waals surface area contributed by atoms with Crippen molar-refractivity contribution in [2.24, 2.45) is 0 Å². The van der Waals surface area contributed by atoms with Crippen molar-refractivity contribution in [3.63, 3.8) is 0 Å². The number of ether oxygens (including phenoxy) is 1. The average molecular weight is 274 g/mol. The Morgan fingerprint density at radius 3 is 2.95 bits per heavy atom. The Balaban J connectivity index is 1.94. The summed E-state index contributed by atoms with van der Waals surface area (Å²) in [6.07, 6.45) is 0.923. The second-order valence-corrected chi connectivity index (χ2v) is 5.18. The molecule has 0 aliphatic carbocycles. The number of imidazole rings is 1. The van der Waals surface area contributed by atoms with Crippen molar-refractivity contribution >= 4 is 28.4 Å². The molecule has 0 fully saturated rings. The van der Waals surface area contributed by atoms with Crippen LogP contribution in [0, 0.1) is 0 Å². The molecule has 6 heteroatoms. The highest BCUT2D eigenvalue weighted by Crippen LogP contribution is 2.20. The van der Waals surface area contributed by atoms with Gasteiger partial charge in [0.1, 0.15) is 5.52 Å². The number of aromatic nitrogens is 3. The predicted octanol–water partition coefficient (Wildman–Crippen LogP) is 2.33. The molecule has 0 spiro atoms. The third-order valence-electron chi connectivity index (χ3n) is 2.97. The van der Waals surface area contributed by atoms with Crippen LogP contribution in [0.3, 0.4) is 0 Å². The first-order valence-electron chi connectivity index (χ1n) is 5.97. The second kappa shape index (κ2) is 4.89. The maximum absolute atomic E-state index is 5.96. The molecule has 3 rings (SSSR count). The maximum Gasteiger partial charge on any atom is 0.215 e. The number of nitrogens with two attached hydrogens (primary N) is 1. The van der Waals surface area contributed by atoms with Crippen molar-refractivity contribution in [3.05, 3.63) is 34.5 Å². The van der Waals surface area contributed by atoms with Crippen molar-refractivity contribution in [1.82, 2.24) is 14.5 Å². The molecule has 0 unspecified atom stereocenters. The van der Waals surface area contributed by atoms with Gasteiger partial charge in [0, 0.05) is 17.5 Å². The molecule has 0 aromatic carbocycles. The molecule has 0 saturated carbocycles. The lowest BCUT2D eigenvalue weighted by Crippen LogP contribution is -2.06. The zero-order valence-corrected chi connectivity index (χ0v) is 11.4. The number of fused-ring (bicyclic) bond motifs is 1. The lowest BCUT2D eigenvalue weighted by molar-refractivity contribution is 0.399. The van der Waals surface area contributed by atoms with E-state index < -0.39 is 0 Å². The van der Waals surface area contributed by atoms with Gasteiger partial charge in [0.2, 0.25) is 11.8 Å². The molecular weight excluding hydrogens is 260 g/mol. The fraction of sp³-hybridized carbons (Fsp3) is 0.231. The lowest BCUT2D eigenvalue weighted by Gasteiger charge is -2.05. The monoisotopic (exact) mass is 274 g/mol. The second-order valence-electron chi connectivity index (χ2n) is 4.15. The summed E-state index contributed by atoms with van der Waals surface area (Å²) in [5.74, 6) is 1.07. The van der Waals surface area contributed by atoms with Crippen LogP contribution in [0.1, 0.15) is 4.88 Å². The van der Waals surface area contributed by atoms with Gasteiger partial charge in [-0.3, -0.25) is 4.57 Å². The van der Waals surface area contributed by atoms with Crippen LogP contribution in [0.25, 0.3) is 11.2 Å². The summed E-state index contributed by atoms with van der Waals surface area (Å²) < 4.78 is 7.07. The van der Waals surface area contributed by atoms with E-state index in [-0.39, 0.29) is 0 Å². The Morgan fingerprint density at radius 1 is 1.32 bits per heavy atom. The topological polar surface area (TPSA) is 66.0 Å². The molecule has 2 N–H and O–H groups in total. The zero-order chi connectivity index (χ0) is 13.2. The van der Waals surface area contributed by atoms with E-state index in [9.17, 15) is 0 Å². The summed E-state index contributed by atoms with van der Waals surface area (Å²) >= 11 is 1.74. The third-order valence-corrected chi connectivity index (χ3v) is 3.90. The summed E-state index contributed by atoms with van der Waals surface area (Å²) in [5, 5.41) is 2.08. The van der Waals surface area contributed by atoms with E-state index in [1.165, 1.54) is 4.88 Å². The highest BCUT2D eigenvalue weighted by molar-refractivity contribution is 7.09. The molecule has 0 aliphatic heterocycles. The Morgan fingerprint density at radius 2 is 2.21 bits per heavy atom. The standard InChI is InChI=1S/C13H14N4OS/c1-18-11-5-4-10-12(16-11)17(13(14)15-10)7-6-9-3-2-8-19-9/h2-5,8H,6-7H2,1H3,(H2,14,15). The molecule has 3 aromatic rings. The summed E-state index contributed by atoms with van der Waals surface area (Å²) in [5.41, 5.74) is 7.53. The largest absolute Gasteiger partial charge is 0.481 e. The van der Waals surface area contributed by atoms with Crippen molar-refractivity contribution in [3.8, 4) is 5.88 Å². The van der Waals surface area contributed by atoms with Gasteiger partial charge in [0.05, 0.1) is 7.11 Å². The Bertz CT molecular complexity index is 690. The van der Waals surface area contributed by atoms with Crippen molar-refractivity contribution in [2.45, 2.75) is 13.0 Å². The van der Waals surface area contributed by atoms with Gasteiger partial charge in [-0.1, -0.05) is 6.07 Å². The smallest absolute Gasteiger partial charge is 0.215 e. The summed E-state index contributed by atoms with van der Waals surface area (Å²) in [6, 6.07) is 7.84. The maximum atomic E-state index is 5.96. The molecule has 98 valence electrons. The number of pyridine rings is 1. The minimum Gasteiger partial charge on any atom is -0.481 e. The minimum absolute atomic E-state index is 0.493. The fourth-order valence-corrected chi connectivity index (χ4v) is 2.71. The van der Waals surface area contributed by atoms with Crippen molar-refractivity contribution in [1.29, 1.82) is 0 Å². The predicted molar refractivity (Wildman–Crippen MR) is 76.5 cm³/mol. The van der Waals surface area contributed by atoms with Crippen LogP contribution in [0.15, 0.2) is 29.6 Å². The minimum atomic E-state index is 0.493. The number of hydrogen-bond donors (Lipinski definition) is 1. The van der Waals surface area contributed by atoms with E-state index in [1.54, 1.807) is 24.5 Å². The van der Waals surface area contributed by atoms with Crippen LogP contribution >= 0.6 is 11.3 Å². The summed E-state index contributed by atoms with van der Waals surface area (Å²) in [4.78, 5) is 10.1. The first-order valence-corrected chi connectivity index (χ1v) is 6.85. The normalized spacial score (nSPS) is 11.0. The first-order chi connectivity index (χ1) is 9.28. The summed E-state index contributed by atoms with van der Waals surface area (Å²) in [7, 11) is 1.60. The van der Waals surface area contributed by atoms with Gasteiger partial charge >= 0.3 is 0 Å². The lowest BCUT2D eigenvalue weighted by atomic mass is 10.3. The van der Waals surface area contributed by atoms with Crippen molar-refractivity contribution in [2.75, 3.05) is 12.8 Å². The average Bonchev–Trinajstić information content (AvgIpc) is 3.03. The van der Waals surface area contributed by atoms with E-state index in [1.807, 2.05) is 10.6 Å². The Kier molecular flexibility index (Phi) is 3.08. The van der Waals surface area contributed by atoms with Gasteiger partial charge in [0.15, 0.2) is 5.65 Å². The van der Waals surface area contributed by atoms with Crippen molar-refractivity contribution < 1.29 is 4.74 Å². The number of anilines is 1. The van der Waals surface area contributed by atoms with Gasteiger partial charge in [-0.25, -0.2) is 4.98 Å². The Labute approximate surface area is 114 Å². The Hall–Kier alpha value is -2.08. The zero-order valence-electron chi connectivity index (χ0n) is 10.5. The van der Waals surface area contributed by atoms with E-state index >= 15 is 0 Å². The number of methoxy groups -OCH3 is 1. The van der Waals surface area contributed by atoms with E-state index in [0.717, 1.165) is 24.1 Å². The molecule has 19 heavy (non-hydrogen) atoms. The number of thiophene rings is 1. The quantitative estimate of drug-likeness (QED) is 0.793. The molecule has 0 amide bonds. The van der Waals surface area contributed by atoms with Crippen LogP contribution in [0.2, 0.25) is 0 Å². The number of rotatable bonds is 4. The molecule has 3 aromatic heterocycles. The van der Waals surface area contributed by atoms with Crippen LogP contribution < -0.4 is 10.5 Å². The van der Waals surface area contributed by atoms with E-state index in [2.05, 4.69) is 27.5 Å². The van der Waals surface area contributed by atoms with Gasteiger partial charge in [0.25, 0.3) is 0 Å². The third kappa shape index (κ3) is 2.26. The van der Waals surface area contributed by atoms with Crippen LogP contribution in [-0.2, 0) is 13.0 Å². The van der Waals surface area contributed by atoms with Gasteiger partial charge in [-0.2, -0.15) is 4.98 Å². The number of nitrogen functional groups attached to an aromatic ring is 1. The number of hydrogen-bond acceptors (Lipinski definition) is 5. The molecule has 0 bridgehead atoms. The number of nitrogens with zero attached hydrogens (tertiary/aromatic N) is 3. The molecule has 3 heterocycles. The van der Waals surface area contributed by atoms with Gasteiger partial charge < -0.3 is 10.5 Å². The van der Waals surface area contributed by atoms with E-state index in [4.69, 9.17) is 10.5 Å². The molecular formula is C13H14N4OS. The molecule has 0 radical (unpaired) electrons. The number of aryl methyl sites for hydroxylation is 2. The molecule has 5 nitrogen and oxygen atoms in total. The molecule has 0 atom stereocenters. The molecule has 0 aliphatic rings. The van der Waals surface area contributed by atoms with Crippen LogP contribution in [-0.4, -0.2) is 21.6 Å². The van der Waals surface area contributed by atoms with E-state index in [0.29, 0.717) is 11.8 Å². The fourth-order valence-electron chi connectivity index (χ4n) is 2.01. The van der Waals surface area contributed by atoms with Gasteiger partial charge in [-0.05, 0) is 23.9 Å². The highest BCUT2D eigenvalue weighted by atomic mass is 32.1. The highest BCUT2D eigenvalue weighted by Gasteiger charge is 2.10.